The number of fused-ring (bicyclic) bond motifs is 1. The number of halogens is 2. The minimum absolute atomic E-state index is 0.0228. The molecule has 0 spiro atoms. The van der Waals surface area contributed by atoms with E-state index < -0.39 is 30.4 Å². The van der Waals surface area contributed by atoms with Gasteiger partial charge in [0.2, 0.25) is 5.28 Å². The number of aromatic nitrogens is 4. The van der Waals surface area contributed by atoms with Crippen molar-refractivity contribution in [3.05, 3.63) is 45.0 Å². The normalized spacial score (nSPS) is 23.6. The molecule has 12 heteroatoms. The van der Waals surface area contributed by atoms with Crippen LogP contribution in [0.4, 0.5) is 5.82 Å². The number of anilines is 1. The topological polar surface area (TPSA) is 134 Å². The van der Waals surface area contributed by atoms with Gasteiger partial charge in [0, 0.05) is 17.2 Å². The van der Waals surface area contributed by atoms with Crippen LogP contribution in [0.25, 0.3) is 11.2 Å². The van der Waals surface area contributed by atoms with Crippen molar-refractivity contribution in [1.82, 2.24) is 24.8 Å². The third-order valence-electron chi connectivity index (χ3n) is 4.82. The quantitative estimate of drug-likeness (QED) is 0.277. The highest BCUT2D eigenvalue weighted by Crippen LogP contribution is 2.33. The molecule has 158 valence electrons. The zero-order chi connectivity index (χ0) is 21.4. The lowest BCUT2D eigenvalue weighted by molar-refractivity contribution is -0.137. The first-order valence-corrected chi connectivity index (χ1v) is 10.5. The Balaban J connectivity index is 1.66. The summed E-state index contributed by atoms with van der Waals surface area (Å²) in [6.07, 6.45) is -3.65. The predicted molar refractivity (Wildman–Crippen MR) is 117 cm³/mol. The number of nitrogens with zero attached hydrogens (tertiary/aromatic N) is 4. The van der Waals surface area contributed by atoms with Crippen molar-refractivity contribution in [2.45, 2.75) is 31.1 Å². The van der Waals surface area contributed by atoms with Crippen LogP contribution >= 0.6 is 34.2 Å². The van der Waals surface area contributed by atoms with Crippen LogP contribution in [-0.4, -0.2) is 61.0 Å². The molecule has 30 heavy (non-hydrogen) atoms. The molecule has 4 atom stereocenters. The lowest BCUT2D eigenvalue weighted by Gasteiger charge is -2.16. The summed E-state index contributed by atoms with van der Waals surface area (Å²) in [6, 6.07) is 7.90. The molecule has 2 aromatic heterocycles. The van der Waals surface area contributed by atoms with Gasteiger partial charge in [-0.25, -0.2) is 4.98 Å². The van der Waals surface area contributed by atoms with Crippen molar-refractivity contribution in [2.24, 2.45) is 0 Å². The van der Waals surface area contributed by atoms with Gasteiger partial charge in [0.15, 0.2) is 29.3 Å². The number of hydrogen-bond donors (Lipinski definition) is 4. The molecule has 0 saturated carbocycles. The maximum Gasteiger partial charge on any atom is 0.251 e. The second-order valence-electron chi connectivity index (χ2n) is 6.65. The Kier molecular flexibility index (Phi) is 6.06. The van der Waals surface area contributed by atoms with Gasteiger partial charge in [0.05, 0.1) is 6.33 Å². The van der Waals surface area contributed by atoms with Crippen molar-refractivity contribution in [1.29, 1.82) is 0 Å². The van der Waals surface area contributed by atoms with Gasteiger partial charge >= 0.3 is 0 Å². The van der Waals surface area contributed by atoms with E-state index in [1.165, 1.54) is 17.9 Å². The van der Waals surface area contributed by atoms with Crippen molar-refractivity contribution in [2.75, 3.05) is 12.4 Å². The molecule has 10 nitrogen and oxygen atoms in total. The summed E-state index contributed by atoms with van der Waals surface area (Å²) in [4.78, 5) is 24.7. The van der Waals surface area contributed by atoms with Gasteiger partial charge in [-0.1, -0.05) is 18.2 Å². The van der Waals surface area contributed by atoms with Gasteiger partial charge in [-0.2, -0.15) is 9.97 Å². The second-order valence-corrected chi connectivity index (χ2v) is 8.15. The highest BCUT2D eigenvalue weighted by molar-refractivity contribution is 14.1. The molecule has 3 aromatic rings. The highest BCUT2D eigenvalue weighted by atomic mass is 127. The minimum Gasteiger partial charge on any atom is -0.387 e. The molecule has 4 rings (SSSR count). The number of carbonyl (C=O) groups excluding carboxylic acids is 1. The van der Waals surface area contributed by atoms with Crippen LogP contribution in [0, 0.1) is 3.57 Å². The fourth-order valence-corrected chi connectivity index (χ4v) is 4.01. The molecule has 0 aliphatic carbocycles. The number of hydrogen-bond acceptors (Lipinski definition) is 8. The molecule has 1 aliphatic rings. The summed E-state index contributed by atoms with van der Waals surface area (Å²) < 4.78 is 8.13. The zero-order valence-corrected chi connectivity index (χ0v) is 18.6. The fraction of sp³-hybridized carbons (Fsp3) is 0.333. The van der Waals surface area contributed by atoms with E-state index >= 15 is 0 Å². The molecule has 1 fully saturated rings. The monoisotopic (exact) mass is 544 g/mol. The zero-order valence-electron chi connectivity index (χ0n) is 15.7. The van der Waals surface area contributed by atoms with E-state index in [2.05, 4.69) is 48.2 Å². The smallest absolute Gasteiger partial charge is 0.251 e. The number of aliphatic hydroxyl groups excluding tert-OH is 2. The third-order valence-corrected chi connectivity index (χ3v) is 6.04. The predicted octanol–water partition coefficient (Wildman–Crippen LogP) is 1.06. The lowest BCUT2D eigenvalue weighted by Crippen LogP contribution is -2.41. The van der Waals surface area contributed by atoms with Crippen LogP contribution in [0.1, 0.15) is 11.8 Å². The van der Waals surface area contributed by atoms with Gasteiger partial charge < -0.3 is 25.6 Å². The van der Waals surface area contributed by atoms with Crippen molar-refractivity contribution in [3.63, 3.8) is 0 Å². The van der Waals surface area contributed by atoms with Crippen LogP contribution in [0.5, 0.6) is 0 Å². The number of amides is 1. The summed E-state index contributed by atoms with van der Waals surface area (Å²) in [5.74, 6) is -0.125. The average Bonchev–Trinajstić information content (AvgIpc) is 3.28. The SMILES string of the molecule is CNC(=O)[C@H]1O[C@@H](n2cnc3c(NCc4ccccc4I)nc(Cl)nc32)[C@H](O)[C@@H]1O. The third kappa shape index (κ3) is 3.83. The van der Waals surface area contributed by atoms with Crippen LogP contribution < -0.4 is 10.6 Å². The first-order valence-electron chi connectivity index (χ1n) is 9.01. The molecule has 0 unspecified atom stereocenters. The number of nitrogens with one attached hydrogen (secondary N) is 2. The van der Waals surface area contributed by atoms with Gasteiger partial charge in [-0.3, -0.25) is 9.36 Å². The van der Waals surface area contributed by atoms with E-state index in [1.807, 2.05) is 24.3 Å². The van der Waals surface area contributed by atoms with E-state index in [9.17, 15) is 15.0 Å². The average molecular weight is 545 g/mol. The first-order chi connectivity index (χ1) is 14.4. The molecule has 1 aromatic carbocycles. The second kappa shape index (κ2) is 8.59. The molecular formula is C18H18ClIN6O4. The Bertz CT molecular complexity index is 1100. The number of rotatable bonds is 5. The number of imidazole rings is 1. The molecule has 1 saturated heterocycles. The fourth-order valence-electron chi connectivity index (χ4n) is 3.27. The van der Waals surface area contributed by atoms with Crippen LogP contribution in [-0.2, 0) is 16.1 Å². The van der Waals surface area contributed by atoms with E-state index in [-0.39, 0.29) is 5.28 Å². The standard InChI is InChI=1S/C18H18ClIN6O4/c1-21-16(29)13-11(27)12(28)17(30-13)26-7-23-10-14(24-18(19)25-15(10)26)22-6-8-4-2-3-5-9(8)20/h2-5,7,11-13,17,27-28H,6H2,1H3,(H,21,29)(H,22,24,25)/t11-,12+,13-,17+/m0/s1. The molecule has 0 bridgehead atoms. The Hall–Kier alpha value is -2.06. The molecule has 0 radical (unpaired) electrons. The Morgan fingerprint density at radius 2 is 2.07 bits per heavy atom. The molecule has 3 heterocycles. The molecule has 1 amide bonds. The summed E-state index contributed by atoms with van der Waals surface area (Å²) in [6.45, 7) is 0.494. The summed E-state index contributed by atoms with van der Waals surface area (Å²) in [7, 11) is 1.42. The van der Waals surface area contributed by atoms with Gasteiger partial charge in [0.25, 0.3) is 5.91 Å². The van der Waals surface area contributed by atoms with Gasteiger partial charge in [0.1, 0.15) is 12.2 Å². The van der Waals surface area contributed by atoms with Crippen molar-refractivity contribution >= 4 is 57.1 Å². The lowest BCUT2D eigenvalue weighted by atomic mass is 10.1. The van der Waals surface area contributed by atoms with Crippen LogP contribution in [0.2, 0.25) is 5.28 Å². The van der Waals surface area contributed by atoms with Crippen molar-refractivity contribution in [3.8, 4) is 0 Å². The molecule has 1 aliphatic heterocycles. The minimum atomic E-state index is -1.40. The molecule has 4 N–H and O–H groups in total. The van der Waals surface area contributed by atoms with E-state index in [0.29, 0.717) is 23.5 Å². The Labute approximate surface area is 189 Å². The van der Waals surface area contributed by atoms with Crippen LogP contribution in [0.15, 0.2) is 30.6 Å². The van der Waals surface area contributed by atoms with Gasteiger partial charge in [-0.05, 0) is 45.8 Å². The maximum absolute atomic E-state index is 11.9. The van der Waals surface area contributed by atoms with E-state index in [0.717, 1.165) is 9.13 Å². The summed E-state index contributed by atoms with van der Waals surface area (Å²) in [5, 5.41) is 26.2. The van der Waals surface area contributed by atoms with Crippen LogP contribution in [0.3, 0.4) is 0 Å². The van der Waals surface area contributed by atoms with Gasteiger partial charge in [-0.15, -0.1) is 0 Å². The van der Waals surface area contributed by atoms with Crippen molar-refractivity contribution < 1.29 is 19.7 Å². The summed E-state index contributed by atoms with van der Waals surface area (Å²) >= 11 is 8.37. The number of benzene rings is 1. The summed E-state index contributed by atoms with van der Waals surface area (Å²) in [5.41, 5.74) is 1.79. The Morgan fingerprint density at radius 3 is 2.80 bits per heavy atom. The van der Waals surface area contributed by atoms with E-state index in [4.69, 9.17) is 16.3 Å². The highest BCUT2D eigenvalue weighted by Gasteiger charge is 2.47. The Morgan fingerprint density at radius 1 is 1.30 bits per heavy atom. The number of ether oxygens (including phenoxy) is 1. The maximum atomic E-state index is 11.9. The first kappa shape index (κ1) is 21.2. The number of aliphatic hydroxyl groups is 2. The van der Waals surface area contributed by atoms with E-state index in [1.54, 1.807) is 0 Å². The number of likely N-dealkylation sites (N-methyl/N-ethyl adjacent to an activating group) is 1. The molecular weight excluding hydrogens is 527 g/mol. The number of carbonyl (C=O) groups is 1. The largest absolute Gasteiger partial charge is 0.387 e.